The third kappa shape index (κ3) is 3.04. The van der Waals surface area contributed by atoms with Crippen molar-refractivity contribution >= 4 is 23.5 Å². The van der Waals surface area contributed by atoms with Crippen molar-refractivity contribution in [2.45, 2.75) is 32.6 Å². The zero-order valence-electron chi connectivity index (χ0n) is 11.8. The maximum atomic E-state index is 12.1. The van der Waals surface area contributed by atoms with Crippen LogP contribution in [0.5, 0.6) is 0 Å². The molecule has 0 aromatic heterocycles. The lowest BCUT2D eigenvalue weighted by molar-refractivity contribution is -0.157. The van der Waals surface area contributed by atoms with Gasteiger partial charge in [0, 0.05) is 17.7 Å². The fourth-order valence-electron chi connectivity index (χ4n) is 2.48. The van der Waals surface area contributed by atoms with E-state index in [0.717, 1.165) is 12.0 Å². The molecule has 0 saturated heterocycles. The number of carboxylic acid groups (broad SMARTS) is 1. The summed E-state index contributed by atoms with van der Waals surface area (Å²) in [6.07, 6.45) is 1.82. The predicted octanol–water partition coefficient (Wildman–Crippen LogP) is 1.68. The number of hydrogen-bond acceptors (Lipinski definition) is 3. The van der Waals surface area contributed by atoms with E-state index in [1.807, 2.05) is 0 Å². The van der Waals surface area contributed by atoms with Crippen LogP contribution in [0.3, 0.4) is 0 Å². The lowest BCUT2D eigenvalue weighted by Crippen LogP contribution is -2.41. The minimum atomic E-state index is -0.931. The minimum absolute atomic E-state index is 0.0530. The van der Waals surface area contributed by atoms with E-state index in [4.69, 9.17) is 5.73 Å². The van der Waals surface area contributed by atoms with Crippen molar-refractivity contribution in [1.29, 1.82) is 0 Å². The largest absolute Gasteiger partial charge is 0.481 e. The number of carbonyl (C=O) groups is 3. The number of anilines is 1. The van der Waals surface area contributed by atoms with Gasteiger partial charge >= 0.3 is 5.97 Å². The molecule has 0 heterocycles. The first-order valence-electron chi connectivity index (χ1n) is 6.78. The Bertz CT molecular complexity index is 606. The molecule has 1 fully saturated rings. The molecule has 0 atom stereocenters. The van der Waals surface area contributed by atoms with Gasteiger partial charge in [-0.15, -0.1) is 0 Å². The first kappa shape index (κ1) is 15.0. The summed E-state index contributed by atoms with van der Waals surface area (Å²) in [6, 6.07) is 4.77. The number of carbonyl (C=O) groups excluding carboxylic acids is 2. The summed E-state index contributed by atoms with van der Waals surface area (Å²) < 4.78 is 0. The molecule has 21 heavy (non-hydrogen) atoms. The molecule has 1 aliphatic carbocycles. The lowest BCUT2D eigenvalue weighted by atomic mass is 9.66. The second-order valence-electron chi connectivity index (χ2n) is 5.56. The molecular formula is C15H18N2O4. The van der Waals surface area contributed by atoms with Gasteiger partial charge in [-0.05, 0) is 37.5 Å². The molecule has 0 spiro atoms. The molecule has 1 saturated carbocycles. The first-order chi connectivity index (χ1) is 9.84. The number of amides is 2. The van der Waals surface area contributed by atoms with Crippen LogP contribution in [-0.4, -0.2) is 22.9 Å². The minimum Gasteiger partial charge on any atom is -0.481 e. The maximum Gasteiger partial charge on any atom is 0.310 e. The Hall–Kier alpha value is -2.37. The van der Waals surface area contributed by atoms with Crippen LogP contribution in [0, 0.1) is 12.3 Å². The molecule has 1 aliphatic rings. The second-order valence-corrected chi connectivity index (χ2v) is 5.56. The van der Waals surface area contributed by atoms with E-state index in [2.05, 4.69) is 5.32 Å². The number of aryl methyl sites for hydroxylation is 1. The number of rotatable bonds is 5. The highest BCUT2D eigenvalue weighted by Crippen LogP contribution is 2.44. The van der Waals surface area contributed by atoms with E-state index in [0.29, 0.717) is 24.1 Å². The highest BCUT2D eigenvalue weighted by atomic mass is 16.4. The number of aliphatic carboxylic acids is 1. The molecule has 0 radical (unpaired) electrons. The van der Waals surface area contributed by atoms with Crippen LogP contribution in [0.2, 0.25) is 0 Å². The fraction of sp³-hybridized carbons (Fsp3) is 0.400. The Kier molecular flexibility index (Phi) is 3.97. The van der Waals surface area contributed by atoms with Crippen LogP contribution in [0.4, 0.5) is 5.69 Å². The van der Waals surface area contributed by atoms with Crippen LogP contribution in [0.15, 0.2) is 18.2 Å². The van der Waals surface area contributed by atoms with Crippen molar-refractivity contribution in [2.75, 3.05) is 5.32 Å². The topological polar surface area (TPSA) is 109 Å². The van der Waals surface area contributed by atoms with E-state index in [-0.39, 0.29) is 12.3 Å². The summed E-state index contributed by atoms with van der Waals surface area (Å²) in [5.74, 6) is -1.86. The molecule has 1 aromatic rings. The molecular weight excluding hydrogens is 272 g/mol. The van der Waals surface area contributed by atoms with Crippen LogP contribution < -0.4 is 11.1 Å². The molecule has 0 bridgehead atoms. The highest BCUT2D eigenvalue weighted by molar-refractivity contribution is 5.98. The first-order valence-corrected chi connectivity index (χ1v) is 6.78. The van der Waals surface area contributed by atoms with Crippen molar-refractivity contribution in [3.8, 4) is 0 Å². The van der Waals surface area contributed by atoms with Gasteiger partial charge in [0.25, 0.3) is 0 Å². The van der Waals surface area contributed by atoms with Crippen LogP contribution in [0.1, 0.15) is 41.6 Å². The molecule has 1 aromatic carbocycles. The van der Waals surface area contributed by atoms with Gasteiger partial charge in [0.15, 0.2) is 0 Å². The van der Waals surface area contributed by atoms with Crippen molar-refractivity contribution in [3.05, 3.63) is 29.3 Å². The normalized spacial score (nSPS) is 15.9. The molecule has 6 heteroatoms. The number of nitrogens with one attached hydrogen (secondary N) is 1. The molecule has 4 N–H and O–H groups in total. The summed E-state index contributed by atoms with van der Waals surface area (Å²) in [5, 5.41) is 11.9. The maximum absolute atomic E-state index is 12.1. The molecule has 112 valence electrons. The molecule has 0 unspecified atom stereocenters. The molecule has 2 amide bonds. The zero-order valence-corrected chi connectivity index (χ0v) is 11.8. The standard InChI is InChI=1S/C15H18N2O4/c1-9-3-4-10(13(16)19)7-11(9)17-12(18)8-15(14(20)21)5-2-6-15/h3-4,7H,2,5-6,8H2,1H3,(H2,16,19)(H,17,18)(H,20,21). The molecule has 6 nitrogen and oxygen atoms in total. The molecule has 2 rings (SSSR count). The monoisotopic (exact) mass is 290 g/mol. The van der Waals surface area contributed by atoms with Gasteiger partial charge in [0.1, 0.15) is 0 Å². The Labute approximate surface area is 122 Å². The smallest absolute Gasteiger partial charge is 0.310 e. The van der Waals surface area contributed by atoms with Gasteiger partial charge in [-0.3, -0.25) is 14.4 Å². The van der Waals surface area contributed by atoms with Gasteiger partial charge in [0.2, 0.25) is 11.8 Å². The van der Waals surface area contributed by atoms with Gasteiger partial charge in [0.05, 0.1) is 5.41 Å². The number of primary amides is 1. The van der Waals surface area contributed by atoms with Gasteiger partial charge in [-0.1, -0.05) is 12.5 Å². The number of hydrogen-bond donors (Lipinski definition) is 3. The van der Waals surface area contributed by atoms with Gasteiger partial charge < -0.3 is 16.2 Å². The van der Waals surface area contributed by atoms with E-state index in [1.165, 1.54) is 6.07 Å². The van der Waals surface area contributed by atoms with Gasteiger partial charge in [-0.2, -0.15) is 0 Å². The zero-order chi connectivity index (χ0) is 15.6. The van der Waals surface area contributed by atoms with Crippen LogP contribution in [-0.2, 0) is 9.59 Å². The van der Waals surface area contributed by atoms with E-state index >= 15 is 0 Å². The quantitative estimate of drug-likeness (QED) is 0.766. The van der Waals surface area contributed by atoms with E-state index in [1.54, 1.807) is 19.1 Å². The van der Waals surface area contributed by atoms with E-state index < -0.39 is 17.3 Å². The van der Waals surface area contributed by atoms with Crippen molar-refractivity contribution in [3.63, 3.8) is 0 Å². The Balaban J connectivity index is 2.11. The summed E-state index contributed by atoms with van der Waals surface area (Å²) in [7, 11) is 0. The van der Waals surface area contributed by atoms with Crippen LogP contribution >= 0.6 is 0 Å². The summed E-state index contributed by atoms with van der Waals surface area (Å²) >= 11 is 0. The van der Waals surface area contributed by atoms with Crippen LogP contribution in [0.25, 0.3) is 0 Å². The highest BCUT2D eigenvalue weighted by Gasteiger charge is 2.45. The summed E-state index contributed by atoms with van der Waals surface area (Å²) in [5.41, 5.74) is 5.84. The Morgan fingerprint density at radius 1 is 1.33 bits per heavy atom. The lowest BCUT2D eigenvalue weighted by Gasteiger charge is -2.36. The predicted molar refractivity (Wildman–Crippen MR) is 76.9 cm³/mol. The van der Waals surface area contributed by atoms with Crippen molar-refractivity contribution < 1.29 is 19.5 Å². The van der Waals surface area contributed by atoms with Crippen molar-refractivity contribution in [2.24, 2.45) is 11.1 Å². The van der Waals surface area contributed by atoms with Crippen molar-refractivity contribution in [1.82, 2.24) is 0 Å². The summed E-state index contributed by atoms with van der Waals surface area (Å²) in [4.78, 5) is 34.5. The second kappa shape index (κ2) is 5.55. The third-order valence-corrected chi connectivity index (χ3v) is 4.06. The number of carboxylic acids is 1. The Morgan fingerprint density at radius 2 is 2.00 bits per heavy atom. The third-order valence-electron chi connectivity index (χ3n) is 4.06. The van der Waals surface area contributed by atoms with E-state index in [9.17, 15) is 19.5 Å². The number of benzene rings is 1. The SMILES string of the molecule is Cc1ccc(C(N)=O)cc1NC(=O)CC1(C(=O)O)CCC1. The average molecular weight is 290 g/mol. The molecule has 0 aliphatic heterocycles. The number of nitrogens with two attached hydrogens (primary N) is 1. The fourth-order valence-corrected chi connectivity index (χ4v) is 2.48. The Morgan fingerprint density at radius 3 is 2.48 bits per heavy atom. The average Bonchev–Trinajstić information content (AvgIpc) is 2.35. The summed E-state index contributed by atoms with van der Waals surface area (Å²) in [6.45, 7) is 1.79. The van der Waals surface area contributed by atoms with Gasteiger partial charge in [-0.25, -0.2) is 0 Å².